The number of carbonyl (C=O) groups is 3. The van der Waals surface area contributed by atoms with Crippen LogP contribution in [0.25, 0.3) is 11.3 Å². The third-order valence-electron chi connectivity index (χ3n) is 6.10. The van der Waals surface area contributed by atoms with Gasteiger partial charge in [-0.3, -0.25) is 14.4 Å². The molecule has 0 amide bonds. The van der Waals surface area contributed by atoms with Gasteiger partial charge in [0.25, 0.3) is 0 Å². The number of esters is 3. The first-order valence-electron chi connectivity index (χ1n) is 12.6. The van der Waals surface area contributed by atoms with Crippen LogP contribution in [0.2, 0.25) is 0 Å². The first-order valence-corrected chi connectivity index (χ1v) is 14.3. The topological polar surface area (TPSA) is 132 Å². The van der Waals surface area contributed by atoms with Crippen LogP contribution >= 0.6 is 27.7 Å². The third-order valence-corrected chi connectivity index (χ3v) is 7.82. The standard InChI is InChI=1S/C26H21BrF6N4O7S/c1-10(38)41-9-19-22(42-11(2)39)21(37-8-18(35-36-37)13-4-16(28)20(30)17(29)5-13)23(43-12(3)40)25(44-19)45-14-6-15(27)24(34-7-14)26(31,32)33/h4-8,19,21-23,25H,9H2,1-3H3/t19-,21+,22+,23-,25-/m1/s1. The van der Waals surface area contributed by atoms with Crippen molar-refractivity contribution in [3.63, 3.8) is 0 Å². The molecule has 0 aliphatic carbocycles. The third kappa shape index (κ3) is 8.12. The number of aromatic nitrogens is 4. The van der Waals surface area contributed by atoms with E-state index in [-0.39, 0.29) is 16.2 Å². The lowest BCUT2D eigenvalue weighted by molar-refractivity contribution is -0.212. The fourth-order valence-corrected chi connectivity index (χ4v) is 6.21. The van der Waals surface area contributed by atoms with Crippen LogP contribution in [0.1, 0.15) is 32.5 Å². The number of rotatable bonds is 8. The quantitative estimate of drug-likeness (QED) is 0.134. The molecule has 0 spiro atoms. The van der Waals surface area contributed by atoms with Gasteiger partial charge < -0.3 is 18.9 Å². The van der Waals surface area contributed by atoms with Crippen molar-refractivity contribution in [2.24, 2.45) is 0 Å². The van der Waals surface area contributed by atoms with E-state index < -0.39 is 88.1 Å². The van der Waals surface area contributed by atoms with Crippen LogP contribution in [0.3, 0.4) is 0 Å². The van der Waals surface area contributed by atoms with Crippen molar-refractivity contribution >= 4 is 45.6 Å². The van der Waals surface area contributed by atoms with Gasteiger partial charge in [0.2, 0.25) is 0 Å². The van der Waals surface area contributed by atoms with E-state index in [1.54, 1.807) is 0 Å². The molecule has 3 heterocycles. The van der Waals surface area contributed by atoms with Crippen molar-refractivity contribution in [2.75, 3.05) is 6.61 Å². The predicted molar refractivity (Wildman–Crippen MR) is 144 cm³/mol. The van der Waals surface area contributed by atoms with Crippen LogP contribution in [0.4, 0.5) is 26.3 Å². The average Bonchev–Trinajstić information content (AvgIpc) is 3.40. The summed E-state index contributed by atoms with van der Waals surface area (Å²) in [5.74, 6) is -7.15. The smallest absolute Gasteiger partial charge is 0.434 e. The predicted octanol–water partition coefficient (Wildman–Crippen LogP) is 5.02. The lowest BCUT2D eigenvalue weighted by Crippen LogP contribution is -2.57. The molecule has 0 unspecified atom stereocenters. The van der Waals surface area contributed by atoms with Gasteiger partial charge in [-0.05, 0) is 34.1 Å². The average molecular weight is 727 g/mol. The van der Waals surface area contributed by atoms with Crippen LogP contribution in [0.5, 0.6) is 0 Å². The number of pyridine rings is 1. The van der Waals surface area contributed by atoms with Gasteiger partial charge in [0.1, 0.15) is 29.9 Å². The highest BCUT2D eigenvalue weighted by Crippen LogP contribution is 2.43. The largest absolute Gasteiger partial charge is 0.463 e. The number of halogens is 7. The fourth-order valence-electron chi connectivity index (χ4n) is 4.36. The van der Waals surface area contributed by atoms with E-state index in [0.29, 0.717) is 12.1 Å². The van der Waals surface area contributed by atoms with Gasteiger partial charge >= 0.3 is 24.1 Å². The Labute approximate surface area is 262 Å². The van der Waals surface area contributed by atoms with Crippen molar-refractivity contribution in [1.82, 2.24) is 20.0 Å². The number of benzene rings is 1. The second kappa shape index (κ2) is 13.7. The zero-order chi connectivity index (χ0) is 33.2. The Morgan fingerprint density at radius 2 is 1.62 bits per heavy atom. The zero-order valence-corrected chi connectivity index (χ0v) is 25.6. The maximum absolute atomic E-state index is 14.0. The SMILES string of the molecule is CC(=O)OC[C@H]1O[C@H](Sc2cnc(C(F)(F)F)c(Br)c2)[C@H](OC(C)=O)[C@@H](n2cc(-c3cc(F)c(F)c(F)c3)nn2)[C@H]1OC(C)=O. The van der Waals surface area contributed by atoms with Gasteiger partial charge in [0.15, 0.2) is 35.4 Å². The molecule has 1 aliphatic heterocycles. The maximum atomic E-state index is 14.0. The summed E-state index contributed by atoms with van der Waals surface area (Å²) in [5, 5.41) is 7.84. The van der Waals surface area contributed by atoms with Crippen LogP contribution in [-0.2, 0) is 39.5 Å². The summed E-state index contributed by atoms with van der Waals surface area (Å²) < 4.78 is 104. The van der Waals surface area contributed by atoms with Gasteiger partial charge in [-0.25, -0.2) is 22.8 Å². The first-order chi connectivity index (χ1) is 21.0. The second-order valence-corrected chi connectivity index (χ2v) is 11.5. The lowest BCUT2D eigenvalue weighted by atomic mass is 9.96. The number of alkyl halides is 3. The Balaban J connectivity index is 1.82. The molecular weight excluding hydrogens is 706 g/mol. The highest BCUT2D eigenvalue weighted by molar-refractivity contribution is 9.10. The van der Waals surface area contributed by atoms with Gasteiger partial charge in [-0.15, -0.1) is 5.10 Å². The highest BCUT2D eigenvalue weighted by Gasteiger charge is 2.52. The molecule has 11 nitrogen and oxygen atoms in total. The number of carbonyl (C=O) groups excluding carboxylic acids is 3. The van der Waals surface area contributed by atoms with E-state index in [2.05, 4.69) is 31.2 Å². The molecule has 45 heavy (non-hydrogen) atoms. The molecule has 1 saturated heterocycles. The van der Waals surface area contributed by atoms with Crippen molar-refractivity contribution in [1.29, 1.82) is 0 Å². The highest BCUT2D eigenvalue weighted by atomic mass is 79.9. The summed E-state index contributed by atoms with van der Waals surface area (Å²) >= 11 is 3.62. The van der Waals surface area contributed by atoms with E-state index in [0.717, 1.165) is 55.7 Å². The molecule has 242 valence electrons. The molecular formula is C26H21BrF6N4O7S. The lowest BCUT2D eigenvalue weighted by Gasteiger charge is -2.44. The Hall–Kier alpha value is -3.71. The van der Waals surface area contributed by atoms with Crippen LogP contribution < -0.4 is 0 Å². The molecule has 1 aliphatic rings. The fraction of sp³-hybridized carbons (Fsp3) is 0.385. The number of thioether (sulfide) groups is 1. The minimum absolute atomic E-state index is 0.115. The van der Waals surface area contributed by atoms with Crippen molar-refractivity contribution in [3.8, 4) is 11.3 Å². The van der Waals surface area contributed by atoms with Crippen LogP contribution in [0, 0.1) is 17.5 Å². The summed E-state index contributed by atoms with van der Waals surface area (Å²) in [6, 6.07) is 1.11. The summed E-state index contributed by atoms with van der Waals surface area (Å²) in [4.78, 5) is 39.7. The van der Waals surface area contributed by atoms with Gasteiger partial charge in [-0.1, -0.05) is 17.0 Å². The van der Waals surface area contributed by atoms with Gasteiger partial charge in [0.05, 0.1) is 6.20 Å². The normalized spacial score (nSPS) is 21.7. The Bertz CT molecular complexity index is 1590. The van der Waals surface area contributed by atoms with Gasteiger partial charge in [0, 0.05) is 41.9 Å². The molecule has 0 bridgehead atoms. The van der Waals surface area contributed by atoms with Crippen LogP contribution in [0.15, 0.2) is 40.0 Å². The second-order valence-electron chi connectivity index (χ2n) is 9.44. The molecule has 0 saturated carbocycles. The molecule has 4 rings (SSSR count). The van der Waals surface area contributed by atoms with Crippen LogP contribution in [-0.4, -0.2) is 68.2 Å². The van der Waals surface area contributed by atoms with E-state index in [4.69, 9.17) is 18.9 Å². The Morgan fingerprint density at radius 1 is 1.00 bits per heavy atom. The van der Waals surface area contributed by atoms with Crippen molar-refractivity contribution in [2.45, 2.75) is 61.6 Å². The van der Waals surface area contributed by atoms with E-state index >= 15 is 0 Å². The molecule has 5 atom stereocenters. The number of hydrogen-bond donors (Lipinski definition) is 0. The van der Waals surface area contributed by atoms with Crippen molar-refractivity contribution < 1.29 is 59.7 Å². The summed E-state index contributed by atoms with van der Waals surface area (Å²) in [6.07, 6.45) is -6.81. The van der Waals surface area contributed by atoms with Crippen molar-refractivity contribution in [3.05, 3.63) is 58.2 Å². The van der Waals surface area contributed by atoms with E-state index in [1.165, 1.54) is 0 Å². The summed E-state index contributed by atoms with van der Waals surface area (Å²) in [7, 11) is 0. The molecule has 2 aromatic heterocycles. The van der Waals surface area contributed by atoms with Gasteiger partial charge in [-0.2, -0.15) is 13.2 Å². The van der Waals surface area contributed by atoms with E-state index in [1.807, 2.05) is 0 Å². The Morgan fingerprint density at radius 3 is 2.18 bits per heavy atom. The maximum Gasteiger partial charge on any atom is 0.434 e. The molecule has 0 N–H and O–H groups in total. The van der Waals surface area contributed by atoms with E-state index in [9.17, 15) is 40.7 Å². The summed E-state index contributed by atoms with van der Waals surface area (Å²) in [6.45, 7) is 2.71. The summed E-state index contributed by atoms with van der Waals surface area (Å²) in [5.41, 5.74) is -2.87. The first kappa shape index (κ1) is 34.2. The molecule has 1 aromatic carbocycles. The number of ether oxygens (including phenoxy) is 4. The monoisotopic (exact) mass is 726 g/mol. The zero-order valence-electron chi connectivity index (χ0n) is 23.2. The molecule has 0 radical (unpaired) electrons. The number of hydrogen-bond acceptors (Lipinski definition) is 11. The number of nitrogens with zero attached hydrogens (tertiary/aromatic N) is 4. The molecule has 3 aromatic rings. The Kier molecular flexibility index (Phi) is 10.4. The minimum atomic E-state index is -4.76. The molecule has 19 heteroatoms. The minimum Gasteiger partial charge on any atom is -0.463 e. The molecule has 1 fully saturated rings.